The molecule has 0 bridgehead atoms. The van der Waals surface area contributed by atoms with Crippen LogP contribution in [0.5, 0.6) is 0 Å². The summed E-state index contributed by atoms with van der Waals surface area (Å²) in [7, 11) is 0. The fourth-order valence-electron chi connectivity index (χ4n) is 2.77. The van der Waals surface area contributed by atoms with Crippen molar-refractivity contribution < 1.29 is 14.4 Å². The van der Waals surface area contributed by atoms with Crippen molar-refractivity contribution in [3.05, 3.63) is 65.5 Å². The van der Waals surface area contributed by atoms with E-state index in [2.05, 4.69) is 10.3 Å². The molecule has 3 amide bonds. The second kappa shape index (κ2) is 8.24. The summed E-state index contributed by atoms with van der Waals surface area (Å²) in [5, 5.41) is 2.82. The smallest absolute Gasteiger partial charge is 0.255 e. The first kappa shape index (κ1) is 17.6. The van der Waals surface area contributed by atoms with Gasteiger partial charge in [-0.25, -0.2) is 0 Å². The van der Waals surface area contributed by atoms with Gasteiger partial charge in [-0.2, -0.15) is 0 Å². The summed E-state index contributed by atoms with van der Waals surface area (Å²) in [5.41, 5.74) is 1.71. The summed E-state index contributed by atoms with van der Waals surface area (Å²) in [6.07, 6.45) is 3.70. The Morgan fingerprint density at radius 1 is 1.04 bits per heavy atom. The quantitative estimate of drug-likeness (QED) is 0.812. The number of benzene rings is 1. The predicted octanol–water partition coefficient (Wildman–Crippen LogP) is 0.926. The molecule has 7 heteroatoms. The number of hydrogen-bond acceptors (Lipinski definition) is 4. The molecule has 0 saturated carbocycles. The molecule has 1 saturated heterocycles. The van der Waals surface area contributed by atoms with E-state index in [0.717, 1.165) is 12.0 Å². The Kier molecular flexibility index (Phi) is 5.58. The van der Waals surface area contributed by atoms with Crippen LogP contribution in [0.1, 0.15) is 26.3 Å². The van der Waals surface area contributed by atoms with Gasteiger partial charge in [-0.15, -0.1) is 0 Å². The number of piperazine rings is 1. The van der Waals surface area contributed by atoms with Gasteiger partial charge in [0.05, 0.1) is 11.1 Å². The van der Waals surface area contributed by atoms with Crippen molar-refractivity contribution >= 4 is 18.2 Å². The summed E-state index contributed by atoms with van der Waals surface area (Å²) in [6.45, 7) is 2.38. The van der Waals surface area contributed by atoms with E-state index in [4.69, 9.17) is 0 Å². The van der Waals surface area contributed by atoms with Crippen LogP contribution in [0.2, 0.25) is 0 Å². The zero-order valence-electron chi connectivity index (χ0n) is 14.3. The van der Waals surface area contributed by atoms with Gasteiger partial charge in [0.1, 0.15) is 0 Å². The van der Waals surface area contributed by atoms with Gasteiger partial charge in [0.15, 0.2) is 0 Å². The molecule has 1 aromatic heterocycles. The second-order valence-corrected chi connectivity index (χ2v) is 6.06. The first-order chi connectivity index (χ1) is 12.7. The normalized spacial score (nSPS) is 14.0. The maximum atomic E-state index is 12.6. The average Bonchev–Trinajstić information content (AvgIpc) is 2.72. The predicted molar refractivity (Wildman–Crippen MR) is 95.4 cm³/mol. The Hall–Kier alpha value is -3.22. The van der Waals surface area contributed by atoms with Gasteiger partial charge in [-0.3, -0.25) is 19.4 Å². The molecule has 26 heavy (non-hydrogen) atoms. The molecule has 1 N–H and O–H groups in total. The summed E-state index contributed by atoms with van der Waals surface area (Å²) >= 11 is 0. The van der Waals surface area contributed by atoms with E-state index in [1.165, 1.54) is 12.4 Å². The van der Waals surface area contributed by atoms with Gasteiger partial charge in [0, 0.05) is 45.1 Å². The molecule has 1 aliphatic heterocycles. The van der Waals surface area contributed by atoms with Crippen LogP contribution in [0, 0.1) is 0 Å². The lowest BCUT2D eigenvalue weighted by Gasteiger charge is -2.32. The minimum absolute atomic E-state index is 0.180. The third-order valence-corrected chi connectivity index (χ3v) is 4.29. The number of amides is 3. The van der Waals surface area contributed by atoms with E-state index < -0.39 is 0 Å². The number of pyridine rings is 1. The number of aromatic nitrogens is 1. The molecule has 1 aliphatic rings. The molecule has 0 atom stereocenters. The van der Waals surface area contributed by atoms with E-state index in [1.54, 1.807) is 15.9 Å². The average molecular weight is 352 g/mol. The van der Waals surface area contributed by atoms with Crippen LogP contribution < -0.4 is 5.32 Å². The molecule has 0 aliphatic carbocycles. The molecule has 2 aromatic rings. The summed E-state index contributed by atoms with van der Waals surface area (Å²) < 4.78 is 0. The Bertz CT molecular complexity index is 786. The van der Waals surface area contributed by atoms with E-state index >= 15 is 0 Å². The van der Waals surface area contributed by atoms with Gasteiger partial charge >= 0.3 is 0 Å². The lowest BCUT2D eigenvalue weighted by Crippen LogP contribution is -2.48. The van der Waals surface area contributed by atoms with Gasteiger partial charge in [-0.1, -0.05) is 30.3 Å². The van der Waals surface area contributed by atoms with Crippen molar-refractivity contribution in [1.82, 2.24) is 20.1 Å². The zero-order valence-corrected chi connectivity index (χ0v) is 14.3. The summed E-state index contributed by atoms with van der Waals surface area (Å²) in [4.78, 5) is 43.0. The molecular formula is C19H20N4O3. The molecule has 134 valence electrons. The SMILES string of the molecule is O=CN1CCN(C(=O)c2cncc(C(=O)NCc3ccccc3)c2)CC1. The van der Waals surface area contributed by atoms with Crippen molar-refractivity contribution in [2.75, 3.05) is 26.2 Å². The second-order valence-electron chi connectivity index (χ2n) is 6.06. The Morgan fingerprint density at radius 2 is 1.73 bits per heavy atom. The number of nitrogens with one attached hydrogen (secondary N) is 1. The molecule has 0 radical (unpaired) electrons. The first-order valence-corrected chi connectivity index (χ1v) is 8.43. The lowest BCUT2D eigenvalue weighted by atomic mass is 10.1. The summed E-state index contributed by atoms with van der Waals surface area (Å²) in [6, 6.07) is 11.1. The summed E-state index contributed by atoms with van der Waals surface area (Å²) in [5.74, 6) is -0.456. The maximum Gasteiger partial charge on any atom is 0.255 e. The molecule has 2 heterocycles. The van der Waals surface area contributed by atoms with Gasteiger partial charge in [0.2, 0.25) is 6.41 Å². The van der Waals surface area contributed by atoms with Gasteiger partial charge in [0.25, 0.3) is 11.8 Å². The lowest BCUT2D eigenvalue weighted by molar-refractivity contribution is -0.119. The Morgan fingerprint density at radius 3 is 2.42 bits per heavy atom. The van der Waals surface area contributed by atoms with Crippen molar-refractivity contribution in [2.24, 2.45) is 0 Å². The fourth-order valence-corrected chi connectivity index (χ4v) is 2.77. The van der Waals surface area contributed by atoms with Crippen LogP contribution in [-0.2, 0) is 11.3 Å². The monoisotopic (exact) mass is 352 g/mol. The van der Waals surface area contributed by atoms with Crippen molar-refractivity contribution in [1.29, 1.82) is 0 Å². The number of carbonyl (C=O) groups is 3. The zero-order chi connectivity index (χ0) is 18.4. The van der Waals surface area contributed by atoms with Crippen LogP contribution in [0.3, 0.4) is 0 Å². The number of hydrogen-bond donors (Lipinski definition) is 1. The highest BCUT2D eigenvalue weighted by molar-refractivity contribution is 5.99. The Labute approximate surface area is 151 Å². The highest BCUT2D eigenvalue weighted by Crippen LogP contribution is 2.10. The highest BCUT2D eigenvalue weighted by Gasteiger charge is 2.22. The molecule has 0 spiro atoms. The van der Waals surface area contributed by atoms with Crippen LogP contribution >= 0.6 is 0 Å². The van der Waals surface area contributed by atoms with Crippen molar-refractivity contribution in [3.63, 3.8) is 0 Å². The molecule has 1 aromatic carbocycles. The Balaban J connectivity index is 1.63. The highest BCUT2D eigenvalue weighted by atomic mass is 16.2. The van der Waals surface area contributed by atoms with Gasteiger partial charge < -0.3 is 15.1 Å². The number of rotatable bonds is 5. The molecule has 7 nitrogen and oxygen atoms in total. The van der Waals surface area contributed by atoms with Crippen LogP contribution in [0.25, 0.3) is 0 Å². The van der Waals surface area contributed by atoms with Crippen LogP contribution in [0.4, 0.5) is 0 Å². The number of nitrogens with zero attached hydrogens (tertiary/aromatic N) is 3. The molecular weight excluding hydrogens is 332 g/mol. The topological polar surface area (TPSA) is 82.6 Å². The van der Waals surface area contributed by atoms with E-state index in [0.29, 0.717) is 43.9 Å². The molecule has 1 fully saturated rings. The minimum atomic E-state index is -0.276. The van der Waals surface area contributed by atoms with Crippen LogP contribution in [-0.4, -0.2) is 59.2 Å². The van der Waals surface area contributed by atoms with Crippen molar-refractivity contribution in [3.8, 4) is 0 Å². The minimum Gasteiger partial charge on any atom is -0.348 e. The third-order valence-electron chi connectivity index (χ3n) is 4.29. The van der Waals surface area contributed by atoms with Crippen molar-refractivity contribution in [2.45, 2.75) is 6.54 Å². The van der Waals surface area contributed by atoms with E-state index in [1.807, 2.05) is 30.3 Å². The van der Waals surface area contributed by atoms with E-state index in [-0.39, 0.29) is 11.8 Å². The standard InChI is InChI=1S/C19H20N4O3/c24-14-22-6-8-23(9-7-22)19(26)17-10-16(12-20-13-17)18(25)21-11-15-4-2-1-3-5-15/h1-5,10,12-14H,6-9,11H2,(H,21,25). The molecule has 0 unspecified atom stereocenters. The number of carbonyl (C=O) groups excluding carboxylic acids is 3. The fraction of sp³-hybridized carbons (Fsp3) is 0.263. The molecule has 3 rings (SSSR count). The van der Waals surface area contributed by atoms with E-state index in [9.17, 15) is 14.4 Å². The largest absolute Gasteiger partial charge is 0.348 e. The van der Waals surface area contributed by atoms with Gasteiger partial charge in [-0.05, 0) is 11.6 Å². The third kappa shape index (κ3) is 4.24. The first-order valence-electron chi connectivity index (χ1n) is 8.43. The maximum absolute atomic E-state index is 12.6. The van der Waals surface area contributed by atoms with Crippen LogP contribution in [0.15, 0.2) is 48.8 Å².